The van der Waals surface area contributed by atoms with E-state index in [1.807, 2.05) is 11.3 Å². The first-order chi connectivity index (χ1) is 34.0. The van der Waals surface area contributed by atoms with Crippen LogP contribution in [0.15, 0.2) is 114 Å². The fourth-order valence-corrected chi connectivity index (χ4v) is 15.8. The molecule has 3 nitrogen and oxygen atoms in total. The standard InChI is InChI=1S/C67H69BN2OS/c1-38-30-47-50(66(10,11)28-26-63(47,4)5)35-53(38)69-55-37-58-43(41-19-15-17-21-57(41)72-58)34-52(55)68-59-44(32-45-40-18-14-16-20-56(40)71-61(45)60(59)69)42-33-49-51(67(12,13)29-27-65(49,8)9)36-54(42)70(68)39-22-23-46-48(31-39)64(6,7)25-24-62(46,2)3/h14-23,30-37H,24-29H2,1-13H3. The number of rotatable bonds is 2. The monoisotopic (exact) mass is 961 g/mol. The molecule has 0 spiro atoms. The second-order valence-corrected chi connectivity index (χ2v) is 28.0. The van der Waals surface area contributed by atoms with Crippen molar-refractivity contribution in [3.05, 3.63) is 148 Å². The zero-order chi connectivity index (χ0) is 50.0. The number of para-hydroxylation sites is 1. The fourth-order valence-electron chi connectivity index (χ4n) is 14.7. The van der Waals surface area contributed by atoms with Crippen molar-refractivity contribution < 1.29 is 4.42 Å². The van der Waals surface area contributed by atoms with E-state index in [4.69, 9.17) is 4.42 Å². The highest BCUT2D eigenvalue weighted by Gasteiger charge is 2.50. The number of hydrogen-bond donors (Lipinski definition) is 0. The quantitative estimate of drug-likeness (QED) is 0.161. The largest absolute Gasteiger partial charge is 0.454 e. The van der Waals surface area contributed by atoms with Crippen molar-refractivity contribution in [2.24, 2.45) is 0 Å². The zero-order valence-electron chi connectivity index (χ0n) is 44.9. The van der Waals surface area contributed by atoms with Crippen molar-refractivity contribution in [2.75, 3.05) is 9.71 Å². The lowest BCUT2D eigenvalue weighted by molar-refractivity contribution is 0.332. The zero-order valence-corrected chi connectivity index (χ0v) is 45.7. The van der Waals surface area contributed by atoms with Crippen LogP contribution in [-0.2, 0) is 32.5 Å². The van der Waals surface area contributed by atoms with E-state index >= 15 is 0 Å². The van der Waals surface area contributed by atoms with Crippen molar-refractivity contribution >= 4 is 99.7 Å². The average molecular weight is 961 g/mol. The van der Waals surface area contributed by atoms with Crippen LogP contribution < -0.4 is 20.6 Å². The summed E-state index contributed by atoms with van der Waals surface area (Å²) in [6, 6.07) is 43.7. The molecule has 0 radical (unpaired) electrons. The lowest BCUT2D eigenvalue weighted by atomic mass is 9.43. The molecule has 72 heavy (non-hydrogen) atoms. The van der Waals surface area contributed by atoms with E-state index in [1.165, 1.54) is 140 Å². The minimum absolute atomic E-state index is 0.0267. The highest BCUT2D eigenvalue weighted by Crippen LogP contribution is 2.58. The van der Waals surface area contributed by atoms with Gasteiger partial charge in [0.25, 0.3) is 0 Å². The Morgan fingerprint density at radius 2 is 1.01 bits per heavy atom. The Morgan fingerprint density at radius 1 is 0.458 bits per heavy atom. The molecular weight excluding hydrogens is 892 g/mol. The second-order valence-electron chi connectivity index (χ2n) is 26.9. The Hall–Kier alpha value is -5.78. The molecule has 0 N–H and O–H groups in total. The molecule has 0 saturated heterocycles. The molecule has 0 fully saturated rings. The topological polar surface area (TPSA) is 19.6 Å². The van der Waals surface area contributed by atoms with Gasteiger partial charge < -0.3 is 14.1 Å². The molecule has 5 aliphatic rings. The lowest BCUT2D eigenvalue weighted by Crippen LogP contribution is -2.61. The molecule has 362 valence electrons. The van der Waals surface area contributed by atoms with Gasteiger partial charge in [0.1, 0.15) is 5.58 Å². The first-order valence-corrected chi connectivity index (χ1v) is 27.9. The average Bonchev–Trinajstić information content (AvgIpc) is 3.90. The molecule has 0 atom stereocenters. The van der Waals surface area contributed by atoms with Gasteiger partial charge in [0, 0.05) is 59.3 Å². The number of thiophene rings is 1. The van der Waals surface area contributed by atoms with Gasteiger partial charge in [-0.05, 0) is 188 Å². The van der Waals surface area contributed by atoms with Crippen molar-refractivity contribution in [3.63, 3.8) is 0 Å². The summed E-state index contributed by atoms with van der Waals surface area (Å²) in [7, 11) is 0. The first-order valence-electron chi connectivity index (χ1n) is 27.1. The van der Waals surface area contributed by atoms with Crippen LogP contribution >= 0.6 is 11.3 Å². The predicted molar refractivity (Wildman–Crippen MR) is 311 cm³/mol. The van der Waals surface area contributed by atoms with E-state index in [1.54, 1.807) is 0 Å². The number of benzene rings is 7. The molecule has 0 saturated carbocycles. The fraction of sp³-hybridized carbons (Fsp3) is 0.373. The van der Waals surface area contributed by atoms with Crippen molar-refractivity contribution in [1.29, 1.82) is 0 Å². The van der Waals surface area contributed by atoms with Crippen LogP contribution in [0.3, 0.4) is 0 Å². The summed E-state index contributed by atoms with van der Waals surface area (Å²) in [5.74, 6) is 0. The van der Waals surface area contributed by atoms with E-state index in [2.05, 4.69) is 209 Å². The maximum atomic E-state index is 7.40. The summed E-state index contributed by atoms with van der Waals surface area (Å²) < 4.78 is 10.0. The van der Waals surface area contributed by atoms with E-state index in [-0.39, 0.29) is 39.3 Å². The molecular formula is C67H69BN2OS. The van der Waals surface area contributed by atoms with Gasteiger partial charge in [0.2, 0.25) is 0 Å². The number of aryl methyl sites for hydroxylation is 1. The van der Waals surface area contributed by atoms with E-state index in [9.17, 15) is 0 Å². The number of hydrogen-bond acceptors (Lipinski definition) is 4. The minimum atomic E-state index is -0.154. The molecule has 0 bridgehead atoms. The normalized spacial score (nSPS) is 20.3. The molecule has 4 heterocycles. The molecule has 2 aromatic heterocycles. The van der Waals surface area contributed by atoms with Gasteiger partial charge >= 0.3 is 6.85 Å². The van der Waals surface area contributed by atoms with Gasteiger partial charge in [0.15, 0.2) is 5.58 Å². The second kappa shape index (κ2) is 14.3. The smallest absolute Gasteiger partial charge is 0.333 e. The molecule has 14 rings (SSSR count). The van der Waals surface area contributed by atoms with E-state index < -0.39 is 0 Å². The van der Waals surface area contributed by atoms with Crippen LogP contribution in [0, 0.1) is 6.92 Å². The Bertz CT molecular complexity index is 3870. The van der Waals surface area contributed by atoms with Crippen LogP contribution in [0.1, 0.15) is 161 Å². The Kier molecular flexibility index (Phi) is 8.91. The molecule has 7 aromatic carbocycles. The van der Waals surface area contributed by atoms with Crippen LogP contribution in [0.25, 0.3) is 53.2 Å². The Labute approximate surface area is 431 Å². The summed E-state index contributed by atoms with van der Waals surface area (Å²) in [6.45, 7) is 31.9. The third-order valence-electron chi connectivity index (χ3n) is 19.5. The molecule has 5 heteroatoms. The van der Waals surface area contributed by atoms with E-state index in [0.717, 1.165) is 30.4 Å². The molecule has 0 unspecified atom stereocenters. The predicted octanol–water partition coefficient (Wildman–Crippen LogP) is 18.0. The highest BCUT2D eigenvalue weighted by atomic mass is 32.1. The van der Waals surface area contributed by atoms with Crippen molar-refractivity contribution in [2.45, 2.75) is 161 Å². The van der Waals surface area contributed by atoms with Gasteiger partial charge in [-0.2, -0.15) is 0 Å². The summed E-state index contributed by atoms with van der Waals surface area (Å²) >= 11 is 1.92. The number of furan rings is 1. The van der Waals surface area contributed by atoms with E-state index in [0.29, 0.717) is 0 Å². The number of anilines is 5. The van der Waals surface area contributed by atoms with Crippen LogP contribution in [-0.4, -0.2) is 6.85 Å². The Balaban J connectivity index is 1.18. The van der Waals surface area contributed by atoms with Crippen LogP contribution in [0.4, 0.5) is 28.4 Å². The van der Waals surface area contributed by atoms with Crippen molar-refractivity contribution in [1.82, 2.24) is 0 Å². The molecule has 9 aromatic rings. The SMILES string of the molecule is Cc1cc2c(cc1N1c3cc4sc5ccccc5c4cc3B3c4c(cc5c(oc6ccccc65)c41)-c1cc4c(cc1N3c1ccc3c(c1)C(C)(C)CCC3(C)C)C(C)(C)CCC4(C)C)C(C)(C)CCC2(C)C. The number of nitrogens with zero attached hydrogens (tertiary/aromatic N) is 2. The maximum Gasteiger partial charge on any atom is 0.333 e. The number of fused-ring (bicyclic) bond motifs is 14. The van der Waals surface area contributed by atoms with Gasteiger partial charge in [-0.3, -0.25) is 0 Å². The third-order valence-corrected chi connectivity index (χ3v) is 20.7. The summed E-state index contributed by atoms with van der Waals surface area (Å²) in [5, 5.41) is 5.02. The maximum absolute atomic E-state index is 7.40. The first kappa shape index (κ1) is 44.9. The van der Waals surface area contributed by atoms with Gasteiger partial charge in [-0.25, -0.2) is 0 Å². The lowest BCUT2D eigenvalue weighted by Gasteiger charge is -2.49. The highest BCUT2D eigenvalue weighted by molar-refractivity contribution is 7.26. The third kappa shape index (κ3) is 6.04. The summed E-state index contributed by atoms with van der Waals surface area (Å²) in [5.41, 5.74) is 24.0. The van der Waals surface area contributed by atoms with Gasteiger partial charge in [0.05, 0.1) is 5.69 Å². The van der Waals surface area contributed by atoms with Gasteiger partial charge in [-0.15, -0.1) is 11.3 Å². The van der Waals surface area contributed by atoms with Crippen LogP contribution in [0.5, 0.6) is 0 Å². The van der Waals surface area contributed by atoms with Crippen molar-refractivity contribution in [3.8, 4) is 11.1 Å². The van der Waals surface area contributed by atoms with Gasteiger partial charge in [-0.1, -0.05) is 138 Å². The minimum Gasteiger partial charge on any atom is -0.454 e. The molecule has 3 aliphatic carbocycles. The molecule has 2 aliphatic heterocycles. The van der Waals surface area contributed by atoms with Crippen LogP contribution in [0.2, 0.25) is 0 Å². The molecule has 0 amide bonds. The summed E-state index contributed by atoms with van der Waals surface area (Å²) in [4.78, 5) is 5.51. The summed E-state index contributed by atoms with van der Waals surface area (Å²) in [6.07, 6.45) is 7.01. The Morgan fingerprint density at radius 3 is 1.68 bits per heavy atom.